The van der Waals surface area contributed by atoms with Crippen molar-refractivity contribution in [2.24, 2.45) is 5.92 Å². The first kappa shape index (κ1) is 12.7. The SMILES string of the molecule is O=C(O)CC(CO)CNC(=O)c1cccs1. The number of thiophene rings is 1. The van der Waals surface area contributed by atoms with Gasteiger partial charge in [-0.15, -0.1) is 11.3 Å². The number of hydrogen-bond acceptors (Lipinski definition) is 4. The van der Waals surface area contributed by atoms with Gasteiger partial charge in [0.2, 0.25) is 0 Å². The molecule has 0 saturated carbocycles. The Morgan fingerprint density at radius 2 is 2.25 bits per heavy atom. The molecule has 1 unspecified atom stereocenters. The van der Waals surface area contributed by atoms with E-state index >= 15 is 0 Å². The first-order valence-corrected chi connectivity index (χ1v) is 5.65. The molecular formula is C10H13NO4S. The lowest BCUT2D eigenvalue weighted by Gasteiger charge is -2.11. The quantitative estimate of drug-likeness (QED) is 0.681. The molecule has 3 N–H and O–H groups in total. The second kappa shape index (κ2) is 6.24. The Labute approximate surface area is 96.7 Å². The van der Waals surface area contributed by atoms with Crippen LogP contribution in [-0.2, 0) is 4.79 Å². The minimum Gasteiger partial charge on any atom is -0.481 e. The second-order valence-electron chi connectivity index (χ2n) is 3.33. The molecule has 1 atom stereocenters. The van der Waals surface area contributed by atoms with Crippen molar-refractivity contribution in [3.8, 4) is 0 Å². The summed E-state index contributed by atoms with van der Waals surface area (Å²) in [5, 5.41) is 21.8. The van der Waals surface area contributed by atoms with E-state index in [0.29, 0.717) is 4.88 Å². The molecule has 1 aromatic heterocycles. The average Bonchev–Trinajstić information content (AvgIpc) is 2.76. The molecule has 0 radical (unpaired) electrons. The molecule has 0 saturated heterocycles. The van der Waals surface area contributed by atoms with Gasteiger partial charge in [-0.3, -0.25) is 9.59 Å². The lowest BCUT2D eigenvalue weighted by molar-refractivity contribution is -0.138. The minimum absolute atomic E-state index is 0.152. The molecular weight excluding hydrogens is 230 g/mol. The highest BCUT2D eigenvalue weighted by atomic mass is 32.1. The molecule has 5 nitrogen and oxygen atoms in total. The zero-order chi connectivity index (χ0) is 12.0. The van der Waals surface area contributed by atoms with Crippen LogP contribution in [0.3, 0.4) is 0 Å². The highest BCUT2D eigenvalue weighted by Crippen LogP contribution is 2.08. The van der Waals surface area contributed by atoms with Crippen molar-refractivity contribution in [1.29, 1.82) is 0 Å². The van der Waals surface area contributed by atoms with Crippen LogP contribution in [0.1, 0.15) is 16.1 Å². The van der Waals surface area contributed by atoms with Crippen molar-refractivity contribution in [2.45, 2.75) is 6.42 Å². The van der Waals surface area contributed by atoms with Gasteiger partial charge in [-0.2, -0.15) is 0 Å². The standard InChI is InChI=1S/C10H13NO4S/c12-6-7(4-9(13)14)5-11-10(15)8-2-1-3-16-8/h1-3,7,12H,4-6H2,(H,11,15)(H,13,14). The Bertz CT molecular complexity index is 350. The van der Waals surface area contributed by atoms with Gasteiger partial charge in [0.15, 0.2) is 0 Å². The number of carbonyl (C=O) groups is 2. The van der Waals surface area contributed by atoms with Crippen LogP contribution < -0.4 is 5.32 Å². The normalized spacial score (nSPS) is 12.1. The summed E-state index contributed by atoms with van der Waals surface area (Å²) in [5.41, 5.74) is 0. The van der Waals surface area contributed by atoms with Gasteiger partial charge in [0.25, 0.3) is 5.91 Å². The summed E-state index contributed by atoms with van der Waals surface area (Å²) in [5.74, 6) is -1.66. The summed E-state index contributed by atoms with van der Waals surface area (Å²) in [6.07, 6.45) is -0.152. The van der Waals surface area contributed by atoms with Crippen LogP contribution in [0.25, 0.3) is 0 Å². The Kier molecular flexibility index (Phi) is 4.94. The smallest absolute Gasteiger partial charge is 0.303 e. The molecule has 0 fully saturated rings. The molecule has 0 bridgehead atoms. The third-order valence-electron chi connectivity index (χ3n) is 2.02. The fourth-order valence-corrected chi connectivity index (χ4v) is 1.82. The Balaban J connectivity index is 2.38. The van der Waals surface area contributed by atoms with Gasteiger partial charge in [0, 0.05) is 19.1 Å². The van der Waals surface area contributed by atoms with E-state index in [0.717, 1.165) is 0 Å². The summed E-state index contributed by atoms with van der Waals surface area (Å²) in [6.45, 7) is -0.0868. The predicted octanol–water partition coefficient (Wildman–Crippen LogP) is 0.561. The highest BCUT2D eigenvalue weighted by molar-refractivity contribution is 7.12. The minimum atomic E-state index is -0.982. The van der Waals surface area contributed by atoms with Crippen LogP contribution in [-0.4, -0.2) is 35.2 Å². The molecule has 88 valence electrons. The molecule has 0 aromatic carbocycles. The predicted molar refractivity (Wildman–Crippen MR) is 59.5 cm³/mol. The van der Waals surface area contributed by atoms with Gasteiger partial charge in [-0.05, 0) is 11.4 Å². The number of aliphatic carboxylic acids is 1. The van der Waals surface area contributed by atoms with E-state index in [1.54, 1.807) is 17.5 Å². The Morgan fingerprint density at radius 3 is 2.75 bits per heavy atom. The van der Waals surface area contributed by atoms with Crippen molar-refractivity contribution in [1.82, 2.24) is 5.32 Å². The third kappa shape index (κ3) is 4.00. The summed E-state index contributed by atoms with van der Waals surface area (Å²) in [4.78, 5) is 22.5. The topological polar surface area (TPSA) is 86.6 Å². The van der Waals surface area contributed by atoms with Gasteiger partial charge >= 0.3 is 5.97 Å². The fraction of sp³-hybridized carbons (Fsp3) is 0.400. The molecule has 0 aliphatic carbocycles. The van der Waals surface area contributed by atoms with E-state index in [1.165, 1.54) is 11.3 Å². The summed E-state index contributed by atoms with van der Waals surface area (Å²) < 4.78 is 0. The van der Waals surface area contributed by atoms with Crippen LogP contribution in [0.4, 0.5) is 0 Å². The number of carboxylic acid groups (broad SMARTS) is 1. The fourth-order valence-electron chi connectivity index (χ4n) is 1.18. The van der Waals surface area contributed by atoms with Crippen LogP contribution in [0.2, 0.25) is 0 Å². The van der Waals surface area contributed by atoms with E-state index in [9.17, 15) is 9.59 Å². The molecule has 6 heteroatoms. The molecule has 16 heavy (non-hydrogen) atoms. The maximum atomic E-state index is 11.5. The third-order valence-corrected chi connectivity index (χ3v) is 2.89. The molecule has 0 aliphatic rings. The monoisotopic (exact) mass is 243 g/mol. The molecule has 0 aliphatic heterocycles. The Morgan fingerprint density at radius 1 is 1.50 bits per heavy atom. The number of aliphatic hydroxyl groups excluding tert-OH is 1. The number of aliphatic hydroxyl groups is 1. The lowest BCUT2D eigenvalue weighted by atomic mass is 10.1. The van der Waals surface area contributed by atoms with Crippen molar-refractivity contribution in [3.05, 3.63) is 22.4 Å². The van der Waals surface area contributed by atoms with E-state index in [-0.39, 0.29) is 25.5 Å². The molecule has 1 rings (SSSR count). The summed E-state index contributed by atoms with van der Waals surface area (Å²) in [6, 6.07) is 3.45. The second-order valence-corrected chi connectivity index (χ2v) is 4.28. The van der Waals surface area contributed by atoms with Crippen molar-refractivity contribution in [2.75, 3.05) is 13.2 Å². The van der Waals surface area contributed by atoms with Crippen molar-refractivity contribution < 1.29 is 19.8 Å². The van der Waals surface area contributed by atoms with E-state index in [1.807, 2.05) is 0 Å². The van der Waals surface area contributed by atoms with E-state index < -0.39 is 11.9 Å². The number of amides is 1. The summed E-state index contributed by atoms with van der Waals surface area (Å²) in [7, 11) is 0. The highest BCUT2D eigenvalue weighted by Gasteiger charge is 2.14. The molecule has 1 heterocycles. The van der Waals surface area contributed by atoms with Crippen molar-refractivity contribution >= 4 is 23.2 Å². The van der Waals surface area contributed by atoms with Gasteiger partial charge < -0.3 is 15.5 Å². The van der Waals surface area contributed by atoms with Crippen LogP contribution in [0.15, 0.2) is 17.5 Å². The largest absolute Gasteiger partial charge is 0.481 e. The van der Waals surface area contributed by atoms with Gasteiger partial charge in [-0.1, -0.05) is 6.07 Å². The van der Waals surface area contributed by atoms with Gasteiger partial charge in [0.1, 0.15) is 0 Å². The maximum absolute atomic E-state index is 11.5. The van der Waals surface area contributed by atoms with Crippen LogP contribution >= 0.6 is 11.3 Å². The van der Waals surface area contributed by atoms with E-state index in [2.05, 4.69) is 5.32 Å². The molecule has 1 amide bonds. The number of carbonyl (C=O) groups excluding carboxylic acids is 1. The molecule has 1 aromatic rings. The number of hydrogen-bond donors (Lipinski definition) is 3. The Hall–Kier alpha value is -1.40. The van der Waals surface area contributed by atoms with Crippen molar-refractivity contribution in [3.63, 3.8) is 0 Å². The average molecular weight is 243 g/mol. The zero-order valence-electron chi connectivity index (χ0n) is 8.55. The van der Waals surface area contributed by atoms with E-state index in [4.69, 9.17) is 10.2 Å². The maximum Gasteiger partial charge on any atom is 0.303 e. The van der Waals surface area contributed by atoms with Gasteiger partial charge in [0.05, 0.1) is 11.3 Å². The first-order chi connectivity index (χ1) is 7.63. The van der Waals surface area contributed by atoms with Crippen LogP contribution in [0.5, 0.6) is 0 Å². The van der Waals surface area contributed by atoms with Gasteiger partial charge in [-0.25, -0.2) is 0 Å². The first-order valence-electron chi connectivity index (χ1n) is 4.78. The number of rotatable bonds is 6. The summed E-state index contributed by atoms with van der Waals surface area (Å²) >= 11 is 1.31. The van der Waals surface area contributed by atoms with Crippen LogP contribution in [0, 0.1) is 5.92 Å². The lowest BCUT2D eigenvalue weighted by Crippen LogP contribution is -2.31. The zero-order valence-corrected chi connectivity index (χ0v) is 9.37. The molecule has 0 spiro atoms. The number of carboxylic acids is 1. The number of nitrogens with one attached hydrogen (secondary N) is 1.